The van der Waals surface area contributed by atoms with Crippen molar-refractivity contribution in [2.45, 2.75) is 6.61 Å². The molecule has 0 bridgehead atoms. The van der Waals surface area contributed by atoms with Gasteiger partial charge in [-0.15, -0.1) is 0 Å². The molecule has 2 N–H and O–H groups in total. The maximum atomic E-state index is 12.9. The van der Waals surface area contributed by atoms with Crippen LogP contribution in [-0.2, 0) is 16.1 Å². The first-order valence-electron chi connectivity index (χ1n) is 9.19. The second kappa shape index (κ2) is 10.1. The van der Waals surface area contributed by atoms with Crippen molar-refractivity contribution in [2.24, 2.45) is 0 Å². The number of carbonyl (C=O) groups excluding carboxylic acids is 2. The molecule has 0 saturated carbocycles. The highest BCUT2D eigenvalue weighted by Gasteiger charge is 2.16. The van der Waals surface area contributed by atoms with Gasteiger partial charge >= 0.3 is 0 Å². The lowest BCUT2D eigenvalue weighted by atomic mass is 10.2. The van der Waals surface area contributed by atoms with Gasteiger partial charge in [-0.3, -0.25) is 9.59 Å². The van der Waals surface area contributed by atoms with Crippen molar-refractivity contribution in [3.63, 3.8) is 0 Å². The zero-order valence-electron chi connectivity index (χ0n) is 16.7. The number of furan rings is 1. The third-order valence-corrected chi connectivity index (χ3v) is 4.17. The van der Waals surface area contributed by atoms with Crippen molar-refractivity contribution in [1.82, 2.24) is 5.32 Å². The summed E-state index contributed by atoms with van der Waals surface area (Å²) in [6.07, 6.45) is 2.95. The molecule has 7 nitrogen and oxygen atoms in total. The van der Waals surface area contributed by atoms with Gasteiger partial charge in [-0.05, 0) is 54.1 Å². The van der Waals surface area contributed by atoms with Gasteiger partial charge in [0.25, 0.3) is 11.8 Å². The Balaban J connectivity index is 1.80. The smallest absolute Gasteiger partial charge is 0.272 e. The molecule has 1 aromatic heterocycles. The molecule has 0 saturated heterocycles. The van der Waals surface area contributed by atoms with Gasteiger partial charge in [0.1, 0.15) is 17.2 Å². The molecule has 154 valence electrons. The second-order valence-electron chi connectivity index (χ2n) is 6.34. The Hall–Kier alpha value is -3.84. The van der Waals surface area contributed by atoms with Crippen LogP contribution in [0.2, 0.25) is 0 Å². The number of hydrogen-bond donors (Lipinski definition) is 2. The van der Waals surface area contributed by atoms with Crippen LogP contribution in [0.1, 0.15) is 21.7 Å². The van der Waals surface area contributed by atoms with E-state index in [2.05, 4.69) is 10.6 Å². The van der Waals surface area contributed by atoms with Crippen LogP contribution in [0.3, 0.4) is 0 Å². The molecule has 3 aromatic rings. The molecule has 0 aliphatic heterocycles. The minimum Gasteiger partial charge on any atom is -0.497 e. The normalized spacial score (nSPS) is 11.1. The highest BCUT2D eigenvalue weighted by molar-refractivity contribution is 6.10. The Kier molecular flexibility index (Phi) is 7.02. The van der Waals surface area contributed by atoms with E-state index in [4.69, 9.17) is 13.9 Å². The van der Waals surface area contributed by atoms with Crippen molar-refractivity contribution < 1.29 is 23.5 Å². The molecule has 0 aliphatic rings. The molecule has 2 amide bonds. The molecule has 3 rings (SSSR count). The van der Waals surface area contributed by atoms with E-state index in [1.807, 2.05) is 12.1 Å². The SMILES string of the molecule is COCc1cccc(NC(=O)/C(=C/c2ccco2)NC(=O)c2ccc(OC)cc2)c1. The summed E-state index contributed by atoms with van der Waals surface area (Å²) < 4.78 is 15.5. The molecule has 30 heavy (non-hydrogen) atoms. The number of methoxy groups -OCH3 is 2. The van der Waals surface area contributed by atoms with Gasteiger partial charge in [0.05, 0.1) is 20.0 Å². The largest absolute Gasteiger partial charge is 0.497 e. The minimum atomic E-state index is -0.483. The van der Waals surface area contributed by atoms with E-state index in [1.54, 1.807) is 62.8 Å². The van der Waals surface area contributed by atoms with Gasteiger partial charge < -0.3 is 24.5 Å². The highest BCUT2D eigenvalue weighted by atomic mass is 16.5. The Morgan fingerprint density at radius 1 is 1.03 bits per heavy atom. The van der Waals surface area contributed by atoms with Crippen molar-refractivity contribution in [2.75, 3.05) is 19.5 Å². The predicted octanol–water partition coefficient (Wildman–Crippen LogP) is 3.84. The van der Waals surface area contributed by atoms with Crippen LogP contribution in [0.25, 0.3) is 6.08 Å². The van der Waals surface area contributed by atoms with E-state index >= 15 is 0 Å². The Morgan fingerprint density at radius 2 is 1.83 bits per heavy atom. The Labute approximate surface area is 174 Å². The zero-order chi connectivity index (χ0) is 21.3. The van der Waals surface area contributed by atoms with E-state index in [9.17, 15) is 9.59 Å². The summed E-state index contributed by atoms with van der Waals surface area (Å²) in [4.78, 5) is 25.5. The van der Waals surface area contributed by atoms with Gasteiger partial charge in [-0.25, -0.2) is 0 Å². The molecule has 1 heterocycles. The average Bonchev–Trinajstić information content (AvgIpc) is 3.27. The van der Waals surface area contributed by atoms with E-state index in [-0.39, 0.29) is 5.70 Å². The molecule has 0 unspecified atom stereocenters. The fraction of sp³-hybridized carbons (Fsp3) is 0.130. The molecule has 0 atom stereocenters. The first-order chi connectivity index (χ1) is 14.6. The van der Waals surface area contributed by atoms with Crippen LogP contribution in [0.4, 0.5) is 5.69 Å². The fourth-order valence-electron chi connectivity index (χ4n) is 2.71. The van der Waals surface area contributed by atoms with Gasteiger partial charge in [-0.2, -0.15) is 0 Å². The lowest BCUT2D eigenvalue weighted by Gasteiger charge is -2.12. The molecule has 0 radical (unpaired) electrons. The number of nitrogens with one attached hydrogen (secondary N) is 2. The van der Waals surface area contributed by atoms with E-state index in [0.717, 1.165) is 5.56 Å². The molecule has 0 aliphatic carbocycles. The van der Waals surface area contributed by atoms with Gasteiger partial charge in [0.2, 0.25) is 0 Å². The number of ether oxygens (including phenoxy) is 2. The number of anilines is 1. The van der Waals surface area contributed by atoms with Crippen LogP contribution < -0.4 is 15.4 Å². The number of benzene rings is 2. The molecule has 0 fully saturated rings. The molecule has 0 spiro atoms. The van der Waals surface area contributed by atoms with E-state index < -0.39 is 11.8 Å². The summed E-state index contributed by atoms with van der Waals surface area (Å²) in [5, 5.41) is 5.44. The second-order valence-corrected chi connectivity index (χ2v) is 6.34. The van der Waals surface area contributed by atoms with Gasteiger partial charge in [0, 0.05) is 24.4 Å². The molecule has 2 aromatic carbocycles. The van der Waals surface area contributed by atoms with Crippen molar-refractivity contribution in [1.29, 1.82) is 0 Å². The monoisotopic (exact) mass is 406 g/mol. The number of hydrogen-bond acceptors (Lipinski definition) is 5. The topological polar surface area (TPSA) is 89.8 Å². The predicted molar refractivity (Wildman–Crippen MR) is 113 cm³/mol. The number of amides is 2. The summed E-state index contributed by atoms with van der Waals surface area (Å²) in [6, 6.07) is 17.2. The summed E-state index contributed by atoms with van der Waals surface area (Å²) in [6.45, 7) is 0.424. The van der Waals surface area contributed by atoms with E-state index in [1.165, 1.54) is 12.3 Å². The lowest BCUT2D eigenvalue weighted by Crippen LogP contribution is -2.30. The Morgan fingerprint density at radius 3 is 2.50 bits per heavy atom. The van der Waals surface area contributed by atoms with Crippen LogP contribution >= 0.6 is 0 Å². The average molecular weight is 406 g/mol. The number of carbonyl (C=O) groups is 2. The first-order valence-corrected chi connectivity index (χ1v) is 9.19. The van der Waals surface area contributed by atoms with Crippen LogP contribution in [0.15, 0.2) is 77.0 Å². The van der Waals surface area contributed by atoms with Crippen LogP contribution in [0.5, 0.6) is 5.75 Å². The summed E-state index contributed by atoms with van der Waals surface area (Å²) in [5.41, 5.74) is 1.92. The van der Waals surface area contributed by atoms with Crippen LogP contribution in [-0.4, -0.2) is 26.0 Å². The van der Waals surface area contributed by atoms with Gasteiger partial charge in [-0.1, -0.05) is 12.1 Å². The summed E-state index contributed by atoms with van der Waals surface area (Å²) in [5.74, 6) is 0.150. The van der Waals surface area contributed by atoms with Crippen molar-refractivity contribution >= 4 is 23.6 Å². The third kappa shape index (κ3) is 5.59. The van der Waals surface area contributed by atoms with Crippen LogP contribution in [0, 0.1) is 0 Å². The zero-order valence-corrected chi connectivity index (χ0v) is 16.7. The molecule has 7 heteroatoms. The quantitative estimate of drug-likeness (QED) is 0.555. The molecular formula is C23H22N2O5. The van der Waals surface area contributed by atoms with Crippen molar-refractivity contribution in [3.05, 3.63) is 89.5 Å². The fourth-order valence-corrected chi connectivity index (χ4v) is 2.71. The lowest BCUT2D eigenvalue weighted by molar-refractivity contribution is -0.113. The van der Waals surface area contributed by atoms with E-state index in [0.29, 0.717) is 29.4 Å². The molecular weight excluding hydrogens is 384 g/mol. The summed E-state index contributed by atoms with van der Waals surface area (Å²) >= 11 is 0. The maximum Gasteiger partial charge on any atom is 0.272 e. The van der Waals surface area contributed by atoms with Crippen molar-refractivity contribution in [3.8, 4) is 5.75 Å². The highest BCUT2D eigenvalue weighted by Crippen LogP contribution is 2.15. The third-order valence-electron chi connectivity index (χ3n) is 4.17. The maximum absolute atomic E-state index is 12.9. The number of rotatable bonds is 8. The standard InChI is InChI=1S/C23H22N2O5/c1-28-15-16-5-3-6-18(13-16)24-23(27)21(14-20-7-4-12-30-20)25-22(26)17-8-10-19(29-2)11-9-17/h3-14H,15H2,1-2H3,(H,24,27)(H,25,26)/b21-14-. The Bertz CT molecular complexity index is 1020. The van der Waals surface area contributed by atoms with Gasteiger partial charge in [0.15, 0.2) is 0 Å². The minimum absolute atomic E-state index is 0.0444. The first kappa shape index (κ1) is 20.9. The summed E-state index contributed by atoms with van der Waals surface area (Å²) in [7, 11) is 3.15.